The second-order valence-electron chi connectivity index (χ2n) is 8.57. The smallest absolute Gasteiger partial charge is 0.251 e. The molecule has 160 valence electrons. The first-order valence-corrected chi connectivity index (χ1v) is 12.1. The molecule has 4 rings (SSSR count). The number of rotatable bonds is 5. The van der Waals surface area contributed by atoms with E-state index in [2.05, 4.69) is 0 Å². The number of carbonyl (C=O) groups excluding carboxylic acids is 1. The van der Waals surface area contributed by atoms with E-state index < -0.39 is 25.9 Å². The lowest BCUT2D eigenvalue weighted by Gasteiger charge is -2.54. The molecule has 1 heterocycles. The number of methoxy groups -OCH3 is 1. The minimum absolute atomic E-state index is 0.354. The third-order valence-corrected chi connectivity index (χ3v) is 9.68. The zero-order valence-electron chi connectivity index (χ0n) is 17.8. The molecule has 2 aromatic rings. The number of para-hydroxylation sites is 1. The van der Waals surface area contributed by atoms with Gasteiger partial charge in [-0.3, -0.25) is 4.79 Å². The van der Waals surface area contributed by atoms with Crippen molar-refractivity contribution >= 4 is 21.4 Å². The van der Waals surface area contributed by atoms with Crippen LogP contribution >= 0.6 is 0 Å². The molecule has 5 nitrogen and oxygen atoms in total. The van der Waals surface area contributed by atoms with Crippen LogP contribution in [0, 0.1) is 6.92 Å². The van der Waals surface area contributed by atoms with Gasteiger partial charge in [0, 0.05) is 11.3 Å². The number of ether oxygens (including phenoxy) is 1. The highest BCUT2D eigenvalue weighted by Gasteiger charge is 2.68. The fourth-order valence-electron chi connectivity index (χ4n) is 4.95. The molecular formula is C24H29NO4S. The number of benzene rings is 2. The summed E-state index contributed by atoms with van der Waals surface area (Å²) >= 11 is 0. The number of anilines is 1. The molecule has 0 radical (unpaired) electrons. The van der Waals surface area contributed by atoms with Crippen LogP contribution in [0.5, 0.6) is 5.75 Å². The maximum absolute atomic E-state index is 13.8. The van der Waals surface area contributed by atoms with Gasteiger partial charge in [0.05, 0.1) is 18.4 Å². The lowest BCUT2D eigenvalue weighted by molar-refractivity contribution is -0.127. The SMILES string of the molecule is COc1ccccc1[C@@H]1N(c2ccc(C)cc2)C(=O)[C@]1(C)S(=O)(=O)C1CCCCC1. The van der Waals surface area contributed by atoms with Gasteiger partial charge in [-0.15, -0.1) is 0 Å². The van der Waals surface area contributed by atoms with Gasteiger partial charge in [-0.1, -0.05) is 55.2 Å². The van der Waals surface area contributed by atoms with E-state index >= 15 is 0 Å². The van der Waals surface area contributed by atoms with Gasteiger partial charge in [-0.25, -0.2) is 8.42 Å². The molecule has 1 amide bonds. The lowest BCUT2D eigenvalue weighted by Crippen LogP contribution is -2.72. The summed E-state index contributed by atoms with van der Waals surface area (Å²) in [5.41, 5.74) is 2.51. The topological polar surface area (TPSA) is 63.7 Å². The highest BCUT2D eigenvalue weighted by molar-refractivity contribution is 7.94. The van der Waals surface area contributed by atoms with Crippen molar-refractivity contribution in [1.82, 2.24) is 0 Å². The zero-order valence-corrected chi connectivity index (χ0v) is 18.6. The number of nitrogens with zero attached hydrogens (tertiary/aromatic N) is 1. The maximum Gasteiger partial charge on any atom is 0.251 e. The monoisotopic (exact) mass is 427 g/mol. The normalized spacial score (nSPS) is 25.1. The molecule has 0 N–H and O–H groups in total. The number of amides is 1. The van der Waals surface area contributed by atoms with E-state index in [1.807, 2.05) is 55.5 Å². The molecule has 1 saturated carbocycles. The van der Waals surface area contributed by atoms with E-state index in [1.165, 1.54) is 0 Å². The Kier molecular flexibility index (Phi) is 5.39. The van der Waals surface area contributed by atoms with Gasteiger partial charge in [0.15, 0.2) is 14.6 Å². The van der Waals surface area contributed by atoms with E-state index in [-0.39, 0.29) is 5.91 Å². The Bertz CT molecular complexity index is 1040. The van der Waals surface area contributed by atoms with Crippen molar-refractivity contribution < 1.29 is 17.9 Å². The van der Waals surface area contributed by atoms with Gasteiger partial charge in [-0.05, 0) is 44.9 Å². The summed E-state index contributed by atoms with van der Waals surface area (Å²) in [4.78, 5) is 15.2. The zero-order chi connectivity index (χ0) is 21.5. The molecule has 0 bridgehead atoms. The van der Waals surface area contributed by atoms with E-state index in [9.17, 15) is 13.2 Å². The number of aryl methyl sites for hydroxylation is 1. The molecule has 0 aromatic heterocycles. The highest BCUT2D eigenvalue weighted by Crippen LogP contribution is 2.54. The molecule has 2 aliphatic rings. The Hall–Kier alpha value is -2.34. The van der Waals surface area contributed by atoms with Gasteiger partial charge in [0.2, 0.25) is 0 Å². The number of β-lactam (4-membered cyclic amide) rings is 1. The molecule has 6 heteroatoms. The molecule has 0 unspecified atom stereocenters. The number of carbonyl (C=O) groups is 1. The summed E-state index contributed by atoms with van der Waals surface area (Å²) in [6.45, 7) is 3.60. The van der Waals surface area contributed by atoms with E-state index in [4.69, 9.17) is 4.74 Å². The summed E-state index contributed by atoms with van der Waals surface area (Å²) < 4.78 is 31.7. The van der Waals surface area contributed by atoms with Crippen molar-refractivity contribution in [2.45, 2.75) is 62.0 Å². The molecule has 1 saturated heterocycles. The Morgan fingerprint density at radius 2 is 1.63 bits per heavy atom. The molecule has 0 spiro atoms. The molecule has 2 atom stereocenters. The van der Waals surface area contributed by atoms with Crippen LogP contribution in [0.25, 0.3) is 0 Å². The third-order valence-electron chi connectivity index (χ3n) is 6.75. The van der Waals surface area contributed by atoms with Crippen molar-refractivity contribution in [3.63, 3.8) is 0 Å². The number of sulfone groups is 1. The van der Waals surface area contributed by atoms with Crippen molar-refractivity contribution in [1.29, 1.82) is 0 Å². The number of hydrogen-bond donors (Lipinski definition) is 0. The van der Waals surface area contributed by atoms with Crippen LogP contribution in [0.4, 0.5) is 5.69 Å². The minimum atomic E-state index is -3.69. The first-order valence-electron chi connectivity index (χ1n) is 10.6. The average molecular weight is 428 g/mol. The van der Waals surface area contributed by atoms with E-state index in [0.29, 0.717) is 24.3 Å². The van der Waals surface area contributed by atoms with Crippen molar-refractivity contribution in [2.75, 3.05) is 12.0 Å². The summed E-state index contributed by atoms with van der Waals surface area (Å²) in [7, 11) is -2.12. The Balaban J connectivity index is 1.85. The molecule has 30 heavy (non-hydrogen) atoms. The summed E-state index contributed by atoms with van der Waals surface area (Å²) in [5.74, 6) is 0.241. The Morgan fingerprint density at radius 1 is 1.00 bits per heavy atom. The summed E-state index contributed by atoms with van der Waals surface area (Å²) in [6.07, 6.45) is 4.12. The van der Waals surface area contributed by atoms with Gasteiger partial charge in [0.1, 0.15) is 5.75 Å². The van der Waals surface area contributed by atoms with Crippen molar-refractivity contribution in [3.8, 4) is 5.75 Å². The van der Waals surface area contributed by atoms with Crippen molar-refractivity contribution in [2.24, 2.45) is 0 Å². The van der Waals surface area contributed by atoms with Gasteiger partial charge in [-0.2, -0.15) is 0 Å². The summed E-state index contributed by atoms with van der Waals surface area (Å²) in [6, 6.07) is 14.4. The van der Waals surface area contributed by atoms with Gasteiger partial charge < -0.3 is 9.64 Å². The minimum Gasteiger partial charge on any atom is -0.496 e. The maximum atomic E-state index is 13.8. The fraction of sp³-hybridized carbons (Fsp3) is 0.458. The second kappa shape index (κ2) is 7.73. The van der Waals surface area contributed by atoms with Crippen LogP contribution in [0.1, 0.15) is 56.2 Å². The molecule has 2 fully saturated rings. The van der Waals surface area contributed by atoms with Crippen molar-refractivity contribution in [3.05, 3.63) is 59.7 Å². The fourth-order valence-corrected chi connectivity index (χ4v) is 7.48. The molecule has 2 aromatic carbocycles. The van der Waals surface area contributed by atoms with Gasteiger partial charge >= 0.3 is 0 Å². The first-order chi connectivity index (χ1) is 14.3. The predicted molar refractivity (Wildman–Crippen MR) is 119 cm³/mol. The largest absolute Gasteiger partial charge is 0.496 e. The summed E-state index contributed by atoms with van der Waals surface area (Å²) in [5, 5.41) is -0.461. The number of hydrogen-bond acceptors (Lipinski definition) is 4. The Labute approximate surface area is 179 Å². The lowest BCUT2D eigenvalue weighted by atomic mass is 9.81. The van der Waals surface area contributed by atoms with Crippen LogP contribution in [0.15, 0.2) is 48.5 Å². The molecular weight excluding hydrogens is 398 g/mol. The Morgan fingerprint density at radius 3 is 2.27 bits per heavy atom. The van der Waals surface area contributed by atoms with Crippen LogP contribution in [-0.2, 0) is 14.6 Å². The van der Waals surface area contributed by atoms with E-state index in [0.717, 1.165) is 30.4 Å². The van der Waals surface area contributed by atoms with Gasteiger partial charge in [0.25, 0.3) is 5.91 Å². The van der Waals surface area contributed by atoms with Crippen LogP contribution < -0.4 is 9.64 Å². The first kappa shape index (κ1) is 20.9. The third kappa shape index (κ3) is 3.04. The second-order valence-corrected chi connectivity index (χ2v) is 11.2. The van der Waals surface area contributed by atoms with Crippen LogP contribution in [-0.4, -0.2) is 31.4 Å². The standard InChI is InChI=1S/C24H29NO4S/c1-17-13-15-18(16-14-17)25-22(20-11-7-8-12-21(20)29-3)24(2,23(25)26)30(27,28)19-9-5-4-6-10-19/h7-8,11-16,19,22H,4-6,9-10H2,1-3H3/t22-,24+/m0/s1. The average Bonchev–Trinajstić information content (AvgIpc) is 2.78. The van der Waals surface area contributed by atoms with Crippen LogP contribution in [0.3, 0.4) is 0 Å². The molecule has 1 aliphatic carbocycles. The molecule has 1 aliphatic heterocycles. The predicted octanol–water partition coefficient (Wildman–Crippen LogP) is 4.60. The van der Waals surface area contributed by atoms with E-state index in [1.54, 1.807) is 18.9 Å². The van der Waals surface area contributed by atoms with Crippen LogP contribution in [0.2, 0.25) is 0 Å². The highest BCUT2D eigenvalue weighted by atomic mass is 32.2. The quantitative estimate of drug-likeness (QED) is 0.655.